The lowest BCUT2D eigenvalue weighted by Crippen LogP contribution is -2.68. The summed E-state index contributed by atoms with van der Waals surface area (Å²) in [5, 5.41) is 18.7. The second kappa shape index (κ2) is 6.17. The quantitative estimate of drug-likeness (QED) is 0.158. The predicted molar refractivity (Wildman–Crippen MR) is 46.1 cm³/mol. The number of hydrogen-bond acceptors (Lipinski definition) is 3. The molecule has 0 aliphatic rings. The molecule has 7 nitrogen and oxygen atoms in total. The molecule has 0 aromatic rings. The summed E-state index contributed by atoms with van der Waals surface area (Å²) in [6.45, 7) is 0.540. The van der Waals surface area contributed by atoms with Gasteiger partial charge in [0.2, 0.25) is 0 Å². The number of rotatable bonds is 5. The summed E-state index contributed by atoms with van der Waals surface area (Å²) in [5.74, 6) is -1.02. The smallest absolute Gasteiger partial charge is 0.371 e. The highest BCUT2D eigenvalue weighted by Crippen LogP contribution is 1.91. The predicted octanol–water partition coefficient (Wildman–Crippen LogP) is -3.94. The van der Waals surface area contributed by atoms with E-state index in [9.17, 15) is 9.90 Å². The van der Waals surface area contributed by atoms with Gasteiger partial charge in [-0.15, -0.1) is 5.48 Å². The first-order valence-electron chi connectivity index (χ1n) is 4.26. The van der Waals surface area contributed by atoms with E-state index < -0.39 is 12.0 Å². The Morgan fingerprint density at radius 3 is 2.79 bits per heavy atom. The minimum atomic E-state index is -1.15. The van der Waals surface area contributed by atoms with Gasteiger partial charge in [-0.3, -0.25) is 10.3 Å². The van der Waals surface area contributed by atoms with E-state index in [0.29, 0.717) is 19.4 Å². The van der Waals surface area contributed by atoms with E-state index in [-0.39, 0.29) is 5.96 Å². The molecule has 0 aromatic heterocycles. The number of hydroxylamine groups is 1. The zero-order valence-electron chi connectivity index (χ0n) is 8.19. The zero-order chi connectivity index (χ0) is 11.1. The number of hydrogen-bond donors (Lipinski definition) is 4. The van der Waals surface area contributed by atoms with Crippen LogP contribution >= 0.6 is 0 Å². The SMILES string of the molecule is C[N+](CCC[C@H]([NH3+])C(=O)[O-])=C(N)NO. The number of carbonyl (C=O) groups is 1. The molecule has 0 saturated carbocycles. The average Bonchev–Trinajstić information content (AvgIpc) is 2.15. The molecule has 7 N–H and O–H groups in total. The number of nitrogens with zero attached hydrogens (tertiary/aromatic N) is 1. The Balaban J connectivity index is 3.80. The van der Waals surface area contributed by atoms with Gasteiger partial charge in [0.15, 0.2) is 0 Å². The number of nitrogens with one attached hydrogen (secondary N) is 1. The normalized spacial score (nSPS) is 14.5. The van der Waals surface area contributed by atoms with Crippen molar-refractivity contribution in [2.75, 3.05) is 13.6 Å². The third-order valence-corrected chi connectivity index (χ3v) is 1.91. The fourth-order valence-electron chi connectivity index (χ4n) is 0.899. The number of carbonyl (C=O) groups excluding carboxylic acids is 1. The van der Waals surface area contributed by atoms with Gasteiger partial charge in [0.1, 0.15) is 6.04 Å². The molecule has 1 atom stereocenters. The summed E-state index contributed by atoms with van der Waals surface area (Å²) in [4.78, 5) is 10.3. The Labute approximate surface area is 82.0 Å². The van der Waals surface area contributed by atoms with Crippen LogP contribution in [0.1, 0.15) is 12.8 Å². The Bertz CT molecular complexity index is 229. The van der Waals surface area contributed by atoms with E-state index in [1.54, 1.807) is 17.1 Å². The molecule has 0 saturated heterocycles. The molecule has 7 heteroatoms. The second-order valence-electron chi connectivity index (χ2n) is 3.08. The highest BCUT2D eigenvalue weighted by Gasteiger charge is 2.08. The molecule has 0 radical (unpaired) electrons. The number of guanidine groups is 1. The Morgan fingerprint density at radius 1 is 1.79 bits per heavy atom. The van der Waals surface area contributed by atoms with Crippen molar-refractivity contribution in [1.29, 1.82) is 0 Å². The molecule has 82 valence electrons. The molecule has 0 aromatic carbocycles. The summed E-state index contributed by atoms with van der Waals surface area (Å²) in [5.41, 5.74) is 10.5. The number of aliphatic carboxylic acids is 1. The third kappa shape index (κ3) is 4.63. The summed E-state index contributed by atoms with van der Waals surface area (Å²) < 4.78 is 1.57. The van der Waals surface area contributed by atoms with Gasteiger partial charge in [-0.25, -0.2) is 5.21 Å². The monoisotopic (exact) mass is 205 g/mol. The van der Waals surface area contributed by atoms with Gasteiger partial charge in [-0.1, -0.05) is 0 Å². The Kier molecular flexibility index (Phi) is 5.58. The van der Waals surface area contributed by atoms with Crippen LogP contribution in [0.25, 0.3) is 0 Å². The van der Waals surface area contributed by atoms with E-state index in [4.69, 9.17) is 10.9 Å². The molecule has 0 heterocycles. The van der Waals surface area contributed by atoms with Crippen LogP contribution in [-0.2, 0) is 4.79 Å². The van der Waals surface area contributed by atoms with E-state index in [1.807, 2.05) is 0 Å². The number of quaternary nitrogens is 1. The van der Waals surface area contributed by atoms with E-state index in [1.165, 1.54) is 0 Å². The van der Waals surface area contributed by atoms with Crippen LogP contribution in [0, 0.1) is 0 Å². The van der Waals surface area contributed by atoms with Gasteiger partial charge < -0.3 is 15.6 Å². The Hall–Kier alpha value is -1.34. The summed E-state index contributed by atoms with van der Waals surface area (Å²) in [7, 11) is 1.68. The largest absolute Gasteiger partial charge is 0.544 e. The van der Waals surface area contributed by atoms with Gasteiger partial charge in [-0.05, 0) is 6.42 Å². The van der Waals surface area contributed by atoms with Crippen molar-refractivity contribution >= 4 is 11.9 Å². The summed E-state index contributed by atoms with van der Waals surface area (Å²) >= 11 is 0. The fraction of sp³-hybridized carbons (Fsp3) is 0.714. The highest BCUT2D eigenvalue weighted by atomic mass is 16.5. The van der Waals surface area contributed by atoms with Gasteiger partial charge in [0.05, 0.1) is 19.6 Å². The van der Waals surface area contributed by atoms with Crippen LogP contribution in [0.4, 0.5) is 0 Å². The number of carboxylic acids is 1. The number of carboxylic acid groups (broad SMARTS) is 1. The van der Waals surface area contributed by atoms with Gasteiger partial charge in [0.25, 0.3) is 0 Å². The van der Waals surface area contributed by atoms with Crippen molar-refractivity contribution in [3.05, 3.63) is 0 Å². The summed E-state index contributed by atoms with van der Waals surface area (Å²) in [6.07, 6.45) is 1.03. The lowest BCUT2D eigenvalue weighted by molar-refractivity contribution is -0.505. The van der Waals surface area contributed by atoms with Crippen molar-refractivity contribution in [1.82, 2.24) is 5.48 Å². The van der Waals surface area contributed by atoms with E-state index in [2.05, 4.69) is 5.73 Å². The van der Waals surface area contributed by atoms with Crippen molar-refractivity contribution in [3.8, 4) is 0 Å². The summed E-state index contributed by atoms with van der Waals surface area (Å²) in [6, 6.07) is -0.702. The first-order chi connectivity index (χ1) is 6.49. The van der Waals surface area contributed by atoms with Crippen LogP contribution in [-0.4, -0.2) is 41.3 Å². The van der Waals surface area contributed by atoms with E-state index >= 15 is 0 Å². The lowest BCUT2D eigenvalue weighted by Gasteiger charge is -2.09. The lowest BCUT2D eigenvalue weighted by atomic mass is 10.2. The van der Waals surface area contributed by atoms with Crippen molar-refractivity contribution in [3.63, 3.8) is 0 Å². The molecule has 14 heavy (non-hydrogen) atoms. The van der Waals surface area contributed by atoms with E-state index in [0.717, 1.165) is 0 Å². The minimum absolute atomic E-state index is 0.124. The molecule has 0 amide bonds. The standard InChI is InChI=1S/C7H16N4O3/c1-11(7(9)10-14)4-2-3-5(8)6(12)13/h5H,2-4,8H2,1H3,(H4,9,10,12,13,14)/p+1/t5-/m0/s1. The van der Waals surface area contributed by atoms with Gasteiger partial charge in [0, 0.05) is 6.42 Å². The van der Waals surface area contributed by atoms with Crippen LogP contribution in [0.5, 0.6) is 0 Å². The molecule has 0 bridgehead atoms. The first kappa shape index (κ1) is 12.7. The van der Waals surface area contributed by atoms with Crippen molar-refractivity contribution < 1.29 is 25.4 Å². The van der Waals surface area contributed by atoms with Crippen LogP contribution in [0.15, 0.2) is 0 Å². The number of nitrogens with two attached hydrogens (primary N) is 1. The molecular weight excluding hydrogens is 188 g/mol. The molecule has 0 fully saturated rings. The van der Waals surface area contributed by atoms with Gasteiger partial charge in [-0.2, -0.15) is 0 Å². The zero-order valence-corrected chi connectivity index (χ0v) is 8.19. The van der Waals surface area contributed by atoms with Crippen LogP contribution < -0.4 is 22.1 Å². The topological polar surface area (TPSA) is 129 Å². The van der Waals surface area contributed by atoms with Crippen molar-refractivity contribution in [2.45, 2.75) is 18.9 Å². The first-order valence-corrected chi connectivity index (χ1v) is 4.26. The van der Waals surface area contributed by atoms with Gasteiger partial charge >= 0.3 is 5.96 Å². The maximum atomic E-state index is 10.3. The molecule has 0 aliphatic carbocycles. The fourth-order valence-corrected chi connectivity index (χ4v) is 0.899. The molecule has 0 rings (SSSR count). The average molecular weight is 205 g/mol. The molecule has 0 unspecified atom stereocenters. The minimum Gasteiger partial charge on any atom is -0.544 e. The highest BCUT2D eigenvalue weighted by molar-refractivity contribution is 5.71. The molecule has 0 spiro atoms. The molecule has 0 aliphatic heterocycles. The van der Waals surface area contributed by atoms with Crippen molar-refractivity contribution in [2.24, 2.45) is 5.73 Å². The maximum Gasteiger partial charge on any atom is 0.371 e. The van der Waals surface area contributed by atoms with Crippen LogP contribution in [0.3, 0.4) is 0 Å². The maximum absolute atomic E-state index is 10.3. The second-order valence-corrected chi connectivity index (χ2v) is 3.08. The third-order valence-electron chi connectivity index (χ3n) is 1.91. The van der Waals surface area contributed by atoms with Crippen LogP contribution in [0.2, 0.25) is 0 Å². The molecular formula is C7H17N4O3+. The Morgan fingerprint density at radius 2 is 2.36 bits per heavy atom.